The van der Waals surface area contributed by atoms with Crippen LogP contribution in [0.15, 0.2) is 61.2 Å². The van der Waals surface area contributed by atoms with E-state index >= 15 is 0 Å². The Balaban J connectivity index is 2.35. The fourth-order valence-corrected chi connectivity index (χ4v) is 3.13. The molecule has 4 heteroatoms. The van der Waals surface area contributed by atoms with Crippen LogP contribution in [-0.2, 0) is 0 Å². The smallest absolute Gasteiger partial charge is 0.138 e. The SMILES string of the molecule is Fc1cccc(Sc2ccccc2Br)c1Br. The third-order valence-electron chi connectivity index (χ3n) is 1.97. The number of halogens is 3. The molecule has 2 rings (SSSR count). The van der Waals surface area contributed by atoms with Gasteiger partial charge in [-0.25, -0.2) is 4.39 Å². The Labute approximate surface area is 115 Å². The molecule has 0 heterocycles. The standard InChI is InChI=1S/C12H7Br2FS/c13-8-4-1-2-6-10(8)16-11-7-3-5-9(15)12(11)14/h1-7H. The van der Waals surface area contributed by atoms with Gasteiger partial charge in [0, 0.05) is 14.3 Å². The van der Waals surface area contributed by atoms with E-state index in [-0.39, 0.29) is 5.82 Å². The topological polar surface area (TPSA) is 0 Å². The van der Waals surface area contributed by atoms with Gasteiger partial charge in [-0.3, -0.25) is 0 Å². The minimum absolute atomic E-state index is 0.239. The van der Waals surface area contributed by atoms with Crippen LogP contribution in [0.1, 0.15) is 0 Å². The van der Waals surface area contributed by atoms with Crippen molar-refractivity contribution in [2.24, 2.45) is 0 Å². The molecular formula is C12H7Br2FS. The Bertz CT molecular complexity index is 514. The van der Waals surface area contributed by atoms with Crippen molar-refractivity contribution >= 4 is 43.6 Å². The monoisotopic (exact) mass is 360 g/mol. The van der Waals surface area contributed by atoms with Crippen molar-refractivity contribution in [2.75, 3.05) is 0 Å². The Kier molecular flexibility index (Phi) is 4.05. The molecule has 0 saturated carbocycles. The zero-order valence-corrected chi connectivity index (χ0v) is 12.1. The summed E-state index contributed by atoms with van der Waals surface area (Å²) < 4.78 is 14.8. The van der Waals surface area contributed by atoms with E-state index in [1.165, 1.54) is 17.8 Å². The quantitative estimate of drug-likeness (QED) is 0.680. The maximum atomic E-state index is 13.3. The van der Waals surface area contributed by atoms with Crippen LogP contribution in [0.2, 0.25) is 0 Å². The normalized spacial score (nSPS) is 10.4. The molecule has 0 amide bonds. The van der Waals surface area contributed by atoms with Crippen LogP contribution in [0.5, 0.6) is 0 Å². The molecule has 2 aromatic carbocycles. The third kappa shape index (κ3) is 2.67. The molecule has 0 radical (unpaired) electrons. The Morgan fingerprint density at radius 1 is 0.875 bits per heavy atom. The van der Waals surface area contributed by atoms with Crippen LogP contribution >= 0.6 is 43.6 Å². The highest BCUT2D eigenvalue weighted by Crippen LogP contribution is 2.37. The van der Waals surface area contributed by atoms with Crippen molar-refractivity contribution in [3.63, 3.8) is 0 Å². The highest BCUT2D eigenvalue weighted by molar-refractivity contribution is 9.11. The first kappa shape index (κ1) is 12.1. The third-order valence-corrected chi connectivity index (χ3v) is 5.13. The van der Waals surface area contributed by atoms with Crippen LogP contribution < -0.4 is 0 Å². The second-order valence-electron chi connectivity index (χ2n) is 3.08. The molecule has 0 saturated heterocycles. The predicted molar refractivity (Wildman–Crippen MR) is 72.4 cm³/mol. The van der Waals surface area contributed by atoms with Gasteiger partial charge in [-0.2, -0.15) is 0 Å². The summed E-state index contributed by atoms with van der Waals surface area (Å²) in [6.07, 6.45) is 0. The molecule has 0 aromatic heterocycles. The average Bonchev–Trinajstić information content (AvgIpc) is 2.28. The molecule has 0 aliphatic carbocycles. The minimum atomic E-state index is -0.239. The van der Waals surface area contributed by atoms with Gasteiger partial charge in [-0.15, -0.1) is 0 Å². The van der Waals surface area contributed by atoms with Crippen molar-refractivity contribution in [3.8, 4) is 0 Å². The van der Waals surface area contributed by atoms with Crippen LogP contribution in [0.4, 0.5) is 4.39 Å². The second-order valence-corrected chi connectivity index (χ2v) is 5.82. The van der Waals surface area contributed by atoms with E-state index < -0.39 is 0 Å². The number of rotatable bonds is 2. The molecule has 0 nitrogen and oxygen atoms in total. The summed E-state index contributed by atoms with van der Waals surface area (Å²) in [6.45, 7) is 0. The van der Waals surface area contributed by atoms with Crippen molar-refractivity contribution in [3.05, 3.63) is 57.2 Å². The summed E-state index contributed by atoms with van der Waals surface area (Å²) in [7, 11) is 0. The molecule has 0 aliphatic rings. The molecular weight excluding hydrogens is 355 g/mol. The summed E-state index contributed by atoms with van der Waals surface area (Å²) in [5.41, 5.74) is 0. The lowest BCUT2D eigenvalue weighted by atomic mass is 10.3. The molecule has 0 bridgehead atoms. The Hall–Kier alpha value is -0.320. The van der Waals surface area contributed by atoms with Gasteiger partial charge in [0.05, 0.1) is 4.47 Å². The summed E-state index contributed by atoms with van der Waals surface area (Å²) >= 11 is 8.24. The number of benzene rings is 2. The highest BCUT2D eigenvalue weighted by Gasteiger charge is 2.08. The summed E-state index contributed by atoms with van der Waals surface area (Å²) in [6, 6.07) is 12.9. The van der Waals surface area contributed by atoms with E-state index in [1.54, 1.807) is 6.07 Å². The first-order chi connectivity index (χ1) is 7.68. The zero-order chi connectivity index (χ0) is 11.5. The largest absolute Gasteiger partial charge is 0.206 e. The van der Waals surface area contributed by atoms with Gasteiger partial charge in [-0.05, 0) is 56.1 Å². The molecule has 16 heavy (non-hydrogen) atoms. The van der Waals surface area contributed by atoms with Crippen molar-refractivity contribution < 1.29 is 4.39 Å². The zero-order valence-electron chi connectivity index (χ0n) is 8.08. The maximum absolute atomic E-state index is 13.3. The van der Waals surface area contributed by atoms with Gasteiger partial charge < -0.3 is 0 Å². The lowest BCUT2D eigenvalue weighted by molar-refractivity contribution is 0.616. The van der Waals surface area contributed by atoms with Gasteiger partial charge in [0.25, 0.3) is 0 Å². The highest BCUT2D eigenvalue weighted by atomic mass is 79.9. The second kappa shape index (κ2) is 5.34. The van der Waals surface area contributed by atoms with Gasteiger partial charge in [-0.1, -0.05) is 30.0 Å². The van der Waals surface area contributed by atoms with Crippen molar-refractivity contribution in [1.82, 2.24) is 0 Å². The number of hydrogen-bond donors (Lipinski definition) is 0. The van der Waals surface area contributed by atoms with Crippen LogP contribution in [0, 0.1) is 5.82 Å². The first-order valence-corrected chi connectivity index (χ1v) is 6.95. The van der Waals surface area contributed by atoms with E-state index in [0.29, 0.717) is 4.47 Å². The van der Waals surface area contributed by atoms with Gasteiger partial charge in [0.2, 0.25) is 0 Å². The first-order valence-electron chi connectivity index (χ1n) is 4.55. The van der Waals surface area contributed by atoms with Crippen molar-refractivity contribution in [1.29, 1.82) is 0 Å². The Morgan fingerprint density at radius 2 is 1.56 bits per heavy atom. The molecule has 0 unspecified atom stereocenters. The Morgan fingerprint density at radius 3 is 2.31 bits per heavy atom. The molecule has 0 N–H and O–H groups in total. The van der Waals surface area contributed by atoms with E-state index in [9.17, 15) is 4.39 Å². The maximum Gasteiger partial charge on any atom is 0.138 e. The predicted octanol–water partition coefficient (Wildman–Crippen LogP) is 5.50. The summed E-state index contributed by atoms with van der Waals surface area (Å²) in [4.78, 5) is 1.93. The van der Waals surface area contributed by atoms with Crippen molar-refractivity contribution in [2.45, 2.75) is 9.79 Å². The average molecular weight is 362 g/mol. The summed E-state index contributed by atoms with van der Waals surface area (Å²) in [5.74, 6) is -0.239. The van der Waals surface area contributed by atoms with E-state index in [4.69, 9.17) is 0 Å². The van der Waals surface area contributed by atoms with Crippen LogP contribution in [-0.4, -0.2) is 0 Å². The minimum Gasteiger partial charge on any atom is -0.206 e. The fraction of sp³-hybridized carbons (Fsp3) is 0. The molecule has 0 spiro atoms. The van der Waals surface area contributed by atoms with Gasteiger partial charge >= 0.3 is 0 Å². The molecule has 0 atom stereocenters. The van der Waals surface area contributed by atoms with E-state index in [0.717, 1.165) is 14.3 Å². The van der Waals surface area contributed by atoms with Crippen LogP contribution in [0.25, 0.3) is 0 Å². The number of hydrogen-bond acceptors (Lipinski definition) is 1. The van der Waals surface area contributed by atoms with E-state index in [2.05, 4.69) is 31.9 Å². The van der Waals surface area contributed by atoms with Crippen LogP contribution in [0.3, 0.4) is 0 Å². The summed E-state index contributed by atoms with van der Waals surface area (Å²) in [5, 5.41) is 0. The van der Waals surface area contributed by atoms with E-state index in [1.807, 2.05) is 30.3 Å². The molecule has 2 aromatic rings. The molecule has 0 fully saturated rings. The van der Waals surface area contributed by atoms with Gasteiger partial charge in [0.15, 0.2) is 0 Å². The molecule has 82 valence electrons. The fourth-order valence-electron chi connectivity index (χ4n) is 1.21. The molecule has 0 aliphatic heterocycles. The lowest BCUT2D eigenvalue weighted by Gasteiger charge is -2.06. The lowest BCUT2D eigenvalue weighted by Crippen LogP contribution is -1.81. The van der Waals surface area contributed by atoms with Gasteiger partial charge in [0.1, 0.15) is 5.82 Å².